The predicted molar refractivity (Wildman–Crippen MR) is 109 cm³/mol. The van der Waals surface area contributed by atoms with E-state index in [0.717, 1.165) is 32.1 Å². The van der Waals surface area contributed by atoms with Gasteiger partial charge in [-0.25, -0.2) is 8.42 Å². The summed E-state index contributed by atoms with van der Waals surface area (Å²) in [7, 11) is -0.151. The highest BCUT2D eigenvalue weighted by Gasteiger charge is 2.30. The molecule has 1 aromatic rings. The number of benzene rings is 1. The van der Waals surface area contributed by atoms with Crippen LogP contribution in [0.15, 0.2) is 29.2 Å². The zero-order valence-corrected chi connectivity index (χ0v) is 18.1. The number of rotatable bonds is 7. The van der Waals surface area contributed by atoms with Crippen LogP contribution in [0.3, 0.4) is 0 Å². The van der Waals surface area contributed by atoms with Crippen molar-refractivity contribution in [1.29, 1.82) is 0 Å². The van der Waals surface area contributed by atoms with Gasteiger partial charge < -0.3 is 4.90 Å². The molecule has 0 bridgehead atoms. The van der Waals surface area contributed by atoms with Crippen LogP contribution in [0.2, 0.25) is 0 Å². The summed E-state index contributed by atoms with van der Waals surface area (Å²) < 4.78 is 27.6. The SMILES string of the molecule is CC(C)CC(C)N(C)C(=O)c1cccc(S(=O)(=O)N(C)C2CCCCC2)c1. The van der Waals surface area contributed by atoms with Crippen molar-refractivity contribution in [3.05, 3.63) is 29.8 Å². The molecule has 0 N–H and O–H groups in total. The summed E-state index contributed by atoms with van der Waals surface area (Å²) in [6.45, 7) is 6.28. The highest BCUT2D eigenvalue weighted by Crippen LogP contribution is 2.27. The number of sulfonamides is 1. The van der Waals surface area contributed by atoms with Gasteiger partial charge in [-0.2, -0.15) is 4.31 Å². The van der Waals surface area contributed by atoms with Gasteiger partial charge in [0.1, 0.15) is 0 Å². The number of nitrogens with zero attached hydrogens (tertiary/aromatic N) is 2. The lowest BCUT2D eigenvalue weighted by Gasteiger charge is -2.30. The largest absolute Gasteiger partial charge is 0.339 e. The van der Waals surface area contributed by atoms with Gasteiger partial charge in [0.05, 0.1) is 4.90 Å². The zero-order valence-electron chi connectivity index (χ0n) is 17.3. The molecule has 1 fully saturated rings. The van der Waals surface area contributed by atoms with Crippen LogP contribution in [0, 0.1) is 5.92 Å². The van der Waals surface area contributed by atoms with Gasteiger partial charge in [0, 0.05) is 31.7 Å². The molecule has 0 aromatic heterocycles. The van der Waals surface area contributed by atoms with E-state index in [-0.39, 0.29) is 22.9 Å². The minimum atomic E-state index is -3.60. The molecule has 0 radical (unpaired) electrons. The van der Waals surface area contributed by atoms with Crippen LogP contribution in [0.1, 0.15) is 69.7 Å². The molecule has 6 heteroatoms. The Morgan fingerprint density at radius 3 is 2.33 bits per heavy atom. The van der Waals surface area contributed by atoms with E-state index in [4.69, 9.17) is 0 Å². The van der Waals surface area contributed by atoms with Crippen molar-refractivity contribution in [3.63, 3.8) is 0 Å². The zero-order chi connectivity index (χ0) is 20.2. The second-order valence-electron chi connectivity index (χ2n) is 8.24. The quantitative estimate of drug-likeness (QED) is 0.698. The number of hydrogen-bond acceptors (Lipinski definition) is 3. The molecular weight excluding hydrogens is 360 g/mol. The maximum Gasteiger partial charge on any atom is 0.253 e. The third kappa shape index (κ3) is 5.32. The van der Waals surface area contributed by atoms with Gasteiger partial charge in [-0.15, -0.1) is 0 Å². The van der Waals surface area contributed by atoms with E-state index >= 15 is 0 Å². The molecule has 1 aliphatic carbocycles. The van der Waals surface area contributed by atoms with E-state index in [9.17, 15) is 13.2 Å². The molecule has 5 nitrogen and oxygen atoms in total. The number of carbonyl (C=O) groups excluding carboxylic acids is 1. The van der Waals surface area contributed by atoms with Gasteiger partial charge >= 0.3 is 0 Å². The van der Waals surface area contributed by atoms with Gasteiger partial charge in [0.25, 0.3) is 5.91 Å². The first-order valence-electron chi connectivity index (χ1n) is 9.99. The minimum Gasteiger partial charge on any atom is -0.339 e. The maximum absolute atomic E-state index is 13.1. The lowest BCUT2D eigenvalue weighted by Crippen LogP contribution is -2.38. The fourth-order valence-corrected chi connectivity index (χ4v) is 5.30. The molecule has 1 aliphatic rings. The normalized spacial score (nSPS) is 17.3. The Bertz CT molecular complexity index is 740. The second kappa shape index (κ2) is 9.20. The fourth-order valence-electron chi connectivity index (χ4n) is 3.84. The molecule has 1 unspecified atom stereocenters. The molecule has 1 atom stereocenters. The molecular formula is C21H34N2O3S. The molecule has 1 amide bonds. The summed E-state index contributed by atoms with van der Waals surface area (Å²) >= 11 is 0. The van der Waals surface area contributed by atoms with Crippen molar-refractivity contribution in [2.45, 2.75) is 76.3 Å². The van der Waals surface area contributed by atoms with Crippen molar-refractivity contribution in [3.8, 4) is 0 Å². The second-order valence-corrected chi connectivity index (χ2v) is 10.2. The van der Waals surface area contributed by atoms with E-state index < -0.39 is 10.0 Å². The Morgan fingerprint density at radius 1 is 1.11 bits per heavy atom. The van der Waals surface area contributed by atoms with E-state index in [1.54, 1.807) is 37.2 Å². The van der Waals surface area contributed by atoms with Crippen LogP contribution in [-0.2, 0) is 10.0 Å². The van der Waals surface area contributed by atoms with Crippen LogP contribution >= 0.6 is 0 Å². The first-order valence-corrected chi connectivity index (χ1v) is 11.4. The Morgan fingerprint density at radius 2 is 1.74 bits per heavy atom. The highest BCUT2D eigenvalue weighted by molar-refractivity contribution is 7.89. The van der Waals surface area contributed by atoms with Crippen molar-refractivity contribution in [2.75, 3.05) is 14.1 Å². The highest BCUT2D eigenvalue weighted by atomic mass is 32.2. The molecule has 0 saturated heterocycles. The molecule has 0 aliphatic heterocycles. The number of amides is 1. The van der Waals surface area contributed by atoms with Gasteiger partial charge in [0.15, 0.2) is 0 Å². The third-order valence-electron chi connectivity index (χ3n) is 5.64. The van der Waals surface area contributed by atoms with Crippen molar-refractivity contribution < 1.29 is 13.2 Å². The predicted octanol–water partition coefficient (Wildman–Crippen LogP) is 4.15. The third-order valence-corrected chi connectivity index (χ3v) is 7.55. The summed E-state index contributed by atoms with van der Waals surface area (Å²) in [4.78, 5) is 14.7. The van der Waals surface area contributed by atoms with Crippen LogP contribution in [0.25, 0.3) is 0 Å². The Labute approximate surface area is 164 Å². The van der Waals surface area contributed by atoms with Gasteiger partial charge in [-0.3, -0.25) is 4.79 Å². The molecule has 0 heterocycles. The van der Waals surface area contributed by atoms with E-state index in [1.807, 2.05) is 6.92 Å². The first-order chi connectivity index (χ1) is 12.6. The Balaban J connectivity index is 2.21. The van der Waals surface area contributed by atoms with Gasteiger partial charge in [-0.05, 0) is 50.3 Å². The summed E-state index contributed by atoms with van der Waals surface area (Å²) in [6.07, 6.45) is 6.04. The summed E-state index contributed by atoms with van der Waals surface area (Å²) in [5, 5.41) is 0. The van der Waals surface area contributed by atoms with E-state index in [2.05, 4.69) is 13.8 Å². The van der Waals surface area contributed by atoms with E-state index in [1.165, 1.54) is 16.8 Å². The average Bonchev–Trinajstić information content (AvgIpc) is 2.66. The average molecular weight is 395 g/mol. The van der Waals surface area contributed by atoms with Crippen LogP contribution in [-0.4, -0.2) is 49.7 Å². The van der Waals surface area contributed by atoms with Crippen LogP contribution in [0.5, 0.6) is 0 Å². The smallest absolute Gasteiger partial charge is 0.253 e. The fraction of sp³-hybridized carbons (Fsp3) is 0.667. The molecule has 1 saturated carbocycles. The van der Waals surface area contributed by atoms with Gasteiger partial charge in [0.2, 0.25) is 10.0 Å². The molecule has 152 valence electrons. The van der Waals surface area contributed by atoms with Gasteiger partial charge in [-0.1, -0.05) is 39.2 Å². The molecule has 1 aromatic carbocycles. The molecule has 0 spiro atoms. The lowest BCUT2D eigenvalue weighted by molar-refractivity contribution is 0.0728. The monoisotopic (exact) mass is 394 g/mol. The number of hydrogen-bond donors (Lipinski definition) is 0. The maximum atomic E-state index is 13.1. The topological polar surface area (TPSA) is 57.7 Å². The molecule has 2 rings (SSSR count). The minimum absolute atomic E-state index is 0.0526. The number of carbonyl (C=O) groups is 1. The standard InChI is InChI=1S/C21H34N2O3S/c1-16(2)14-17(3)22(4)21(24)18-10-9-13-20(15-18)27(25,26)23(5)19-11-7-6-8-12-19/h9-10,13,15-17,19H,6-8,11-12,14H2,1-5H3. The van der Waals surface area contributed by atoms with Crippen LogP contribution < -0.4 is 0 Å². The summed E-state index contributed by atoms with van der Waals surface area (Å²) in [5.74, 6) is 0.353. The summed E-state index contributed by atoms with van der Waals surface area (Å²) in [6, 6.07) is 6.62. The lowest BCUT2D eigenvalue weighted by atomic mass is 9.96. The summed E-state index contributed by atoms with van der Waals surface area (Å²) in [5.41, 5.74) is 0.422. The Hall–Kier alpha value is -1.40. The molecule has 27 heavy (non-hydrogen) atoms. The Kier molecular flexibility index (Phi) is 7.46. The van der Waals surface area contributed by atoms with Crippen molar-refractivity contribution in [2.24, 2.45) is 5.92 Å². The van der Waals surface area contributed by atoms with Crippen LogP contribution in [0.4, 0.5) is 0 Å². The first kappa shape index (κ1) is 21.9. The van der Waals surface area contributed by atoms with E-state index in [0.29, 0.717) is 11.5 Å². The van der Waals surface area contributed by atoms with Crippen molar-refractivity contribution >= 4 is 15.9 Å². The van der Waals surface area contributed by atoms with Crippen molar-refractivity contribution in [1.82, 2.24) is 9.21 Å².